The van der Waals surface area contributed by atoms with Gasteiger partial charge in [0.25, 0.3) is 0 Å². The van der Waals surface area contributed by atoms with E-state index in [1.807, 2.05) is 56.3 Å². The molecule has 3 aromatic rings. The summed E-state index contributed by atoms with van der Waals surface area (Å²) in [6, 6.07) is 15.3. The molecule has 0 fully saturated rings. The summed E-state index contributed by atoms with van der Waals surface area (Å²) in [6.07, 6.45) is 1.28. The molecule has 2 aromatic carbocycles. The first-order chi connectivity index (χ1) is 16.4. The van der Waals surface area contributed by atoms with Gasteiger partial charge in [-0.05, 0) is 51.5 Å². The maximum absolute atomic E-state index is 12.2. The van der Waals surface area contributed by atoms with E-state index < -0.39 is 11.9 Å². The smallest absolute Gasteiger partial charge is 0.347 e. The Kier molecular flexibility index (Phi) is 8.45. The van der Waals surface area contributed by atoms with Crippen molar-refractivity contribution in [3.8, 4) is 16.9 Å². The van der Waals surface area contributed by atoms with Crippen molar-refractivity contribution >= 4 is 17.6 Å². The Labute approximate surface area is 198 Å². The van der Waals surface area contributed by atoms with Crippen LogP contribution in [0.4, 0.5) is 5.69 Å². The topological polar surface area (TPSA) is 99.9 Å². The molecule has 8 heteroatoms. The summed E-state index contributed by atoms with van der Waals surface area (Å²) >= 11 is 0. The van der Waals surface area contributed by atoms with E-state index >= 15 is 0 Å². The van der Waals surface area contributed by atoms with Gasteiger partial charge in [0, 0.05) is 17.5 Å². The third-order valence-corrected chi connectivity index (χ3v) is 4.89. The minimum Gasteiger partial charge on any atom is -0.488 e. The largest absolute Gasteiger partial charge is 0.488 e. The highest BCUT2D eigenvalue weighted by atomic mass is 16.6. The number of carbonyl (C=O) groups is 2. The first-order valence-electron chi connectivity index (χ1n) is 11.0. The Morgan fingerprint density at radius 2 is 1.68 bits per heavy atom. The van der Waals surface area contributed by atoms with Gasteiger partial charge < -0.3 is 24.1 Å². The average molecular weight is 465 g/mol. The molecule has 0 spiro atoms. The number of anilines is 1. The molecule has 0 radical (unpaired) electrons. The van der Waals surface area contributed by atoms with Crippen LogP contribution >= 0.6 is 0 Å². The molecule has 0 atom stereocenters. The summed E-state index contributed by atoms with van der Waals surface area (Å²) in [7, 11) is 0. The average Bonchev–Trinajstić information content (AvgIpc) is 3.17. The number of ether oxygens (including phenoxy) is 3. The molecule has 178 valence electrons. The third-order valence-electron chi connectivity index (χ3n) is 4.89. The summed E-state index contributed by atoms with van der Waals surface area (Å²) in [5.41, 5.74) is 3.71. The number of aryl methyl sites for hydroxylation is 2. The molecular weight excluding hydrogens is 436 g/mol. The lowest BCUT2D eigenvalue weighted by molar-refractivity contribution is -0.146. The molecule has 3 rings (SSSR count). The quantitative estimate of drug-likeness (QED) is 0.195. The van der Waals surface area contributed by atoms with Gasteiger partial charge in [0.15, 0.2) is 5.57 Å². The lowest BCUT2D eigenvalue weighted by Gasteiger charge is -2.14. The zero-order valence-electron chi connectivity index (χ0n) is 19.7. The van der Waals surface area contributed by atoms with Crippen molar-refractivity contribution in [1.82, 2.24) is 5.16 Å². The van der Waals surface area contributed by atoms with Crippen LogP contribution in [0.15, 0.2) is 64.8 Å². The van der Waals surface area contributed by atoms with Gasteiger partial charge in [0.1, 0.15) is 18.1 Å². The van der Waals surface area contributed by atoms with Gasteiger partial charge in [-0.1, -0.05) is 35.5 Å². The van der Waals surface area contributed by atoms with Gasteiger partial charge in [-0.25, -0.2) is 9.59 Å². The second kappa shape index (κ2) is 11.7. The van der Waals surface area contributed by atoms with Crippen molar-refractivity contribution in [2.75, 3.05) is 18.5 Å². The van der Waals surface area contributed by atoms with Gasteiger partial charge in [0.2, 0.25) is 0 Å². The first-order valence-corrected chi connectivity index (χ1v) is 11.0. The molecule has 0 bridgehead atoms. The van der Waals surface area contributed by atoms with Crippen LogP contribution < -0.4 is 10.1 Å². The molecule has 1 aromatic heterocycles. The first kappa shape index (κ1) is 24.6. The standard InChI is InChI=1S/C26H28N2O6/c1-5-31-25(29)22(26(30)32-6-2)15-27-20-12-13-23(33-16-19-10-8-7-9-11-19)21(14-20)24-17(3)28-34-18(24)4/h7-15,27H,5-6,16H2,1-4H3. The Bertz CT molecular complexity index is 1130. The van der Waals surface area contributed by atoms with Crippen LogP contribution in [0.3, 0.4) is 0 Å². The van der Waals surface area contributed by atoms with E-state index in [4.69, 9.17) is 18.7 Å². The number of esters is 2. The van der Waals surface area contributed by atoms with Crippen LogP contribution in [0, 0.1) is 13.8 Å². The van der Waals surface area contributed by atoms with Gasteiger partial charge in [-0.3, -0.25) is 0 Å². The van der Waals surface area contributed by atoms with Gasteiger partial charge in [-0.15, -0.1) is 0 Å². The van der Waals surface area contributed by atoms with Crippen LogP contribution in [0.5, 0.6) is 5.75 Å². The number of hydrogen-bond acceptors (Lipinski definition) is 8. The van der Waals surface area contributed by atoms with E-state index in [-0.39, 0.29) is 18.8 Å². The fourth-order valence-electron chi connectivity index (χ4n) is 3.32. The predicted octanol–water partition coefficient (Wildman–Crippen LogP) is 4.96. The lowest BCUT2D eigenvalue weighted by Crippen LogP contribution is -2.19. The maximum atomic E-state index is 12.2. The number of nitrogens with one attached hydrogen (secondary N) is 1. The van der Waals surface area contributed by atoms with Crippen molar-refractivity contribution in [2.45, 2.75) is 34.3 Å². The Morgan fingerprint density at radius 3 is 2.26 bits per heavy atom. The van der Waals surface area contributed by atoms with E-state index in [9.17, 15) is 9.59 Å². The second-order valence-corrected chi connectivity index (χ2v) is 7.33. The number of carbonyl (C=O) groups excluding carboxylic acids is 2. The van der Waals surface area contributed by atoms with Gasteiger partial charge in [-0.2, -0.15) is 0 Å². The van der Waals surface area contributed by atoms with E-state index in [0.29, 0.717) is 29.5 Å². The molecular formula is C26H28N2O6. The molecule has 1 N–H and O–H groups in total. The van der Waals surface area contributed by atoms with Gasteiger partial charge in [0.05, 0.1) is 24.5 Å². The van der Waals surface area contributed by atoms with Crippen LogP contribution in [0.1, 0.15) is 30.9 Å². The minimum absolute atomic E-state index is 0.138. The van der Waals surface area contributed by atoms with E-state index in [0.717, 1.165) is 16.7 Å². The Hall–Kier alpha value is -4.07. The fourth-order valence-corrected chi connectivity index (χ4v) is 3.32. The predicted molar refractivity (Wildman–Crippen MR) is 127 cm³/mol. The van der Waals surface area contributed by atoms with Gasteiger partial charge >= 0.3 is 11.9 Å². The van der Waals surface area contributed by atoms with Crippen LogP contribution in [0.25, 0.3) is 11.1 Å². The fraction of sp³-hybridized carbons (Fsp3) is 0.269. The highest BCUT2D eigenvalue weighted by Gasteiger charge is 2.21. The molecule has 0 amide bonds. The molecule has 0 unspecified atom stereocenters. The van der Waals surface area contributed by atoms with Crippen molar-refractivity contribution < 1.29 is 28.3 Å². The highest BCUT2D eigenvalue weighted by molar-refractivity contribution is 6.14. The summed E-state index contributed by atoms with van der Waals surface area (Å²) in [4.78, 5) is 24.5. The van der Waals surface area contributed by atoms with Crippen LogP contribution in [0.2, 0.25) is 0 Å². The highest BCUT2D eigenvalue weighted by Crippen LogP contribution is 2.37. The number of benzene rings is 2. The molecule has 8 nitrogen and oxygen atoms in total. The summed E-state index contributed by atoms with van der Waals surface area (Å²) in [6.45, 7) is 7.68. The molecule has 0 aliphatic rings. The zero-order chi connectivity index (χ0) is 24.5. The summed E-state index contributed by atoms with van der Waals surface area (Å²) in [5, 5.41) is 7.05. The van der Waals surface area contributed by atoms with Crippen molar-refractivity contribution in [2.24, 2.45) is 0 Å². The van der Waals surface area contributed by atoms with Crippen LogP contribution in [-0.4, -0.2) is 30.3 Å². The van der Waals surface area contributed by atoms with Crippen LogP contribution in [-0.2, 0) is 25.7 Å². The molecule has 0 aliphatic carbocycles. The lowest BCUT2D eigenvalue weighted by atomic mass is 10.0. The maximum Gasteiger partial charge on any atom is 0.347 e. The normalized spacial score (nSPS) is 10.4. The monoisotopic (exact) mass is 464 g/mol. The minimum atomic E-state index is -0.762. The molecule has 0 saturated carbocycles. The third kappa shape index (κ3) is 6.04. The number of aromatic nitrogens is 1. The van der Waals surface area contributed by atoms with E-state index in [1.54, 1.807) is 19.9 Å². The van der Waals surface area contributed by atoms with Crippen molar-refractivity contribution in [1.29, 1.82) is 0 Å². The summed E-state index contributed by atoms with van der Waals surface area (Å²) < 4.78 is 21.4. The molecule has 34 heavy (non-hydrogen) atoms. The number of nitrogens with zero attached hydrogens (tertiary/aromatic N) is 1. The van der Waals surface area contributed by atoms with E-state index in [2.05, 4.69) is 10.5 Å². The van der Waals surface area contributed by atoms with E-state index in [1.165, 1.54) is 6.20 Å². The van der Waals surface area contributed by atoms with Crippen molar-refractivity contribution in [3.63, 3.8) is 0 Å². The number of rotatable bonds is 10. The SMILES string of the molecule is CCOC(=O)C(=CNc1ccc(OCc2ccccc2)c(-c2c(C)noc2C)c1)C(=O)OCC. The molecule has 0 saturated heterocycles. The molecule has 1 heterocycles. The summed E-state index contributed by atoms with van der Waals surface area (Å²) in [5.74, 6) is -0.235. The Morgan fingerprint density at radius 1 is 1.00 bits per heavy atom. The molecule has 0 aliphatic heterocycles. The Balaban J connectivity index is 1.94. The number of hydrogen-bond donors (Lipinski definition) is 1. The zero-order valence-corrected chi connectivity index (χ0v) is 19.7. The second-order valence-electron chi connectivity index (χ2n) is 7.33. The van der Waals surface area contributed by atoms with Crippen molar-refractivity contribution in [3.05, 3.63) is 77.3 Å².